The molecule has 0 aliphatic heterocycles. The van der Waals surface area contributed by atoms with Crippen LogP contribution in [0.5, 0.6) is 5.75 Å². The molecule has 0 saturated heterocycles. The van der Waals surface area contributed by atoms with E-state index < -0.39 is 0 Å². The van der Waals surface area contributed by atoms with E-state index in [1.807, 2.05) is 0 Å². The number of ether oxygens (including phenoxy) is 1. The molecule has 0 spiro atoms. The van der Waals surface area contributed by atoms with E-state index in [9.17, 15) is 15.1 Å². The Hall–Kier alpha value is -2.30. The van der Waals surface area contributed by atoms with Gasteiger partial charge in [0.25, 0.3) is 0 Å². The van der Waals surface area contributed by atoms with E-state index in [-0.39, 0.29) is 28.7 Å². The van der Waals surface area contributed by atoms with Crippen LogP contribution in [0.15, 0.2) is 41.1 Å². The molecule has 6 atom stereocenters. The average molecular weight is 424 g/mol. The number of phenols is 1. The Kier molecular flexibility index (Phi) is 4.91. The predicted molar refractivity (Wildman–Crippen MR) is 118 cm³/mol. The van der Waals surface area contributed by atoms with Crippen molar-refractivity contribution in [1.82, 2.24) is 0 Å². The van der Waals surface area contributed by atoms with E-state index in [1.54, 1.807) is 12.1 Å². The topological polar surface area (TPSA) is 79.1 Å². The number of rotatable bonds is 2. The Bertz CT molecular complexity index is 935. The number of aromatic hydroxyl groups is 1. The molecule has 2 N–H and O–H groups in total. The molecule has 1 aromatic rings. The number of carbonyl (C=O) groups excluding carboxylic acids is 1. The van der Waals surface area contributed by atoms with Crippen LogP contribution in [0.25, 0.3) is 0 Å². The average Bonchev–Trinajstić information content (AvgIpc) is 3.10. The molecule has 3 unspecified atom stereocenters. The maximum Gasteiger partial charge on any atom is 0.338 e. The van der Waals surface area contributed by atoms with Crippen molar-refractivity contribution in [3.05, 3.63) is 41.5 Å². The summed E-state index contributed by atoms with van der Waals surface area (Å²) in [5, 5.41) is 22.6. The second-order valence-corrected chi connectivity index (χ2v) is 10.6. The van der Waals surface area contributed by atoms with Crippen molar-refractivity contribution in [1.29, 1.82) is 0 Å². The highest BCUT2D eigenvalue weighted by molar-refractivity contribution is 5.92. The molecule has 31 heavy (non-hydrogen) atoms. The van der Waals surface area contributed by atoms with Crippen molar-refractivity contribution in [2.75, 3.05) is 0 Å². The number of hydrogen-bond acceptors (Lipinski definition) is 5. The minimum absolute atomic E-state index is 0.0640. The summed E-state index contributed by atoms with van der Waals surface area (Å²) in [4.78, 5) is 12.6. The van der Waals surface area contributed by atoms with Crippen molar-refractivity contribution in [2.24, 2.45) is 33.7 Å². The summed E-state index contributed by atoms with van der Waals surface area (Å²) in [6.07, 6.45) is 10.6. The molecular weight excluding hydrogens is 390 g/mol. The van der Waals surface area contributed by atoms with Gasteiger partial charge in [-0.2, -0.15) is 0 Å². The summed E-state index contributed by atoms with van der Waals surface area (Å²) in [6.45, 7) is 4.75. The summed E-state index contributed by atoms with van der Waals surface area (Å²) in [5.74, 6) is 1.77. The first-order valence-corrected chi connectivity index (χ1v) is 11.8. The van der Waals surface area contributed by atoms with Crippen molar-refractivity contribution in [3.8, 4) is 5.75 Å². The van der Waals surface area contributed by atoms with Crippen molar-refractivity contribution in [3.63, 3.8) is 0 Å². The molecule has 0 heterocycles. The molecule has 0 amide bonds. The van der Waals surface area contributed by atoms with Gasteiger partial charge in [0, 0.05) is 11.8 Å². The molecule has 5 heteroatoms. The summed E-state index contributed by atoms with van der Waals surface area (Å²) in [5.41, 5.74) is 3.22. The monoisotopic (exact) mass is 423 g/mol. The molecule has 4 aliphatic rings. The van der Waals surface area contributed by atoms with Crippen LogP contribution in [0.2, 0.25) is 0 Å². The fraction of sp³-hybridized carbons (Fsp3) is 0.615. The van der Waals surface area contributed by atoms with E-state index in [0.29, 0.717) is 23.3 Å². The molecule has 0 aromatic heterocycles. The summed E-state index contributed by atoms with van der Waals surface area (Å²) in [6, 6.07) is 6.26. The smallest absolute Gasteiger partial charge is 0.338 e. The number of benzene rings is 1. The fourth-order valence-corrected chi connectivity index (χ4v) is 7.50. The standard InChI is InChI=1S/C26H33NO4/c1-25-13-11-19(31-24(29)16-3-6-18(28)7-4-16)15-17(25)5-8-20-21-9-10-23(27-30)26(21,2)14-12-22(20)25/h3-7,19-22,28,30H,8-15H2,1-2H3/b27-23+/t19-,20?,21?,22?,25-,26-/m0/s1. The van der Waals surface area contributed by atoms with E-state index in [0.717, 1.165) is 50.7 Å². The molecule has 3 fully saturated rings. The fourth-order valence-electron chi connectivity index (χ4n) is 7.50. The van der Waals surface area contributed by atoms with Crippen LogP contribution < -0.4 is 0 Å². The maximum atomic E-state index is 12.6. The number of oxime groups is 1. The number of fused-ring (bicyclic) bond motifs is 5. The van der Waals surface area contributed by atoms with Crippen molar-refractivity contribution in [2.45, 2.75) is 71.3 Å². The van der Waals surface area contributed by atoms with Gasteiger partial charge in [0.2, 0.25) is 0 Å². The van der Waals surface area contributed by atoms with Crippen LogP contribution in [-0.2, 0) is 4.74 Å². The highest BCUT2D eigenvalue weighted by Gasteiger charge is 2.58. The summed E-state index contributed by atoms with van der Waals surface area (Å²) >= 11 is 0. The van der Waals surface area contributed by atoms with Gasteiger partial charge in [0.05, 0.1) is 11.3 Å². The Balaban J connectivity index is 1.32. The van der Waals surface area contributed by atoms with Gasteiger partial charge in [0.1, 0.15) is 11.9 Å². The molecule has 5 nitrogen and oxygen atoms in total. The molecular formula is C26H33NO4. The Morgan fingerprint density at radius 1 is 1.06 bits per heavy atom. The lowest BCUT2D eigenvalue weighted by Crippen LogP contribution is -2.50. The van der Waals surface area contributed by atoms with Crippen LogP contribution in [0.4, 0.5) is 0 Å². The first kappa shape index (κ1) is 20.6. The highest BCUT2D eigenvalue weighted by atomic mass is 16.5. The first-order valence-electron chi connectivity index (χ1n) is 11.8. The number of carbonyl (C=O) groups is 1. The number of esters is 1. The zero-order valence-corrected chi connectivity index (χ0v) is 18.5. The molecule has 166 valence electrons. The Morgan fingerprint density at radius 2 is 1.77 bits per heavy atom. The quantitative estimate of drug-likeness (QED) is 0.276. The number of allylic oxidation sites excluding steroid dienone is 1. The molecule has 4 aliphatic carbocycles. The molecule has 0 radical (unpaired) electrons. The van der Waals surface area contributed by atoms with E-state index in [4.69, 9.17) is 4.74 Å². The maximum absolute atomic E-state index is 12.6. The predicted octanol–water partition coefficient (Wildman–Crippen LogP) is 5.71. The van der Waals surface area contributed by atoms with Crippen molar-refractivity contribution >= 4 is 11.7 Å². The van der Waals surface area contributed by atoms with Gasteiger partial charge < -0.3 is 15.1 Å². The third kappa shape index (κ3) is 3.19. The second kappa shape index (κ2) is 7.39. The van der Waals surface area contributed by atoms with Gasteiger partial charge in [0.15, 0.2) is 0 Å². The normalized spacial score (nSPS) is 40.5. The van der Waals surface area contributed by atoms with Crippen LogP contribution in [-0.4, -0.2) is 28.1 Å². The van der Waals surface area contributed by atoms with Gasteiger partial charge in [-0.3, -0.25) is 0 Å². The molecule has 0 bridgehead atoms. The third-order valence-electron chi connectivity index (χ3n) is 9.30. The van der Waals surface area contributed by atoms with Gasteiger partial charge >= 0.3 is 5.97 Å². The molecule has 3 saturated carbocycles. The van der Waals surface area contributed by atoms with Crippen LogP contribution >= 0.6 is 0 Å². The Labute approximate surface area is 184 Å². The lowest BCUT2D eigenvalue weighted by molar-refractivity contribution is -0.0287. The zero-order chi connectivity index (χ0) is 21.8. The molecule has 5 rings (SSSR count). The first-order chi connectivity index (χ1) is 14.8. The largest absolute Gasteiger partial charge is 0.508 e. The van der Waals surface area contributed by atoms with E-state index >= 15 is 0 Å². The SMILES string of the molecule is C[C@]12CC[C@H](OC(=O)c3ccc(O)cc3)CC1=CCC1C2CC[C@]2(C)/C(=N/O)CCC12. The minimum Gasteiger partial charge on any atom is -0.508 e. The zero-order valence-electron chi connectivity index (χ0n) is 18.5. The van der Waals surface area contributed by atoms with E-state index in [2.05, 4.69) is 25.1 Å². The Morgan fingerprint density at radius 3 is 2.52 bits per heavy atom. The highest BCUT2D eigenvalue weighted by Crippen LogP contribution is 2.64. The number of nitrogens with zero attached hydrogens (tertiary/aromatic N) is 1. The van der Waals surface area contributed by atoms with Gasteiger partial charge in [-0.1, -0.05) is 30.7 Å². The van der Waals surface area contributed by atoms with E-state index in [1.165, 1.54) is 24.1 Å². The summed E-state index contributed by atoms with van der Waals surface area (Å²) in [7, 11) is 0. The van der Waals surface area contributed by atoms with Gasteiger partial charge in [-0.05, 0) is 92.4 Å². The van der Waals surface area contributed by atoms with Crippen molar-refractivity contribution < 1.29 is 19.8 Å². The third-order valence-corrected chi connectivity index (χ3v) is 9.30. The van der Waals surface area contributed by atoms with Gasteiger partial charge in [-0.15, -0.1) is 0 Å². The number of phenolic OH excluding ortho intramolecular Hbond substituents is 1. The second-order valence-electron chi connectivity index (χ2n) is 10.6. The minimum atomic E-state index is -0.307. The number of hydrogen-bond donors (Lipinski definition) is 2. The van der Waals surface area contributed by atoms with Gasteiger partial charge in [-0.25, -0.2) is 4.79 Å². The molecule has 1 aromatic carbocycles. The lowest BCUT2D eigenvalue weighted by Gasteiger charge is -2.57. The lowest BCUT2D eigenvalue weighted by atomic mass is 9.48. The van der Waals surface area contributed by atoms with Crippen LogP contribution in [0.1, 0.15) is 75.6 Å². The van der Waals surface area contributed by atoms with Crippen LogP contribution in [0, 0.1) is 28.6 Å². The van der Waals surface area contributed by atoms with Crippen LogP contribution in [0.3, 0.4) is 0 Å². The summed E-state index contributed by atoms with van der Waals surface area (Å²) < 4.78 is 5.86.